The van der Waals surface area contributed by atoms with E-state index in [1.165, 1.54) is 0 Å². The summed E-state index contributed by atoms with van der Waals surface area (Å²) in [5.74, 6) is 1.54. The van der Waals surface area contributed by atoms with E-state index in [0.717, 1.165) is 0 Å². The molecule has 1 atom stereocenters. The van der Waals surface area contributed by atoms with Crippen molar-refractivity contribution in [2.24, 2.45) is 0 Å². The van der Waals surface area contributed by atoms with Gasteiger partial charge in [-0.05, 0) is 25.2 Å². The Kier molecular flexibility index (Phi) is 14.2. The molecule has 0 aliphatic rings. The van der Waals surface area contributed by atoms with Gasteiger partial charge >= 0.3 is 7.00 Å². The first-order chi connectivity index (χ1) is 4.18. The summed E-state index contributed by atoms with van der Waals surface area (Å²) in [7, 11) is -1.34. The van der Waals surface area contributed by atoms with Crippen LogP contribution in [0.25, 0.3) is 0 Å². The van der Waals surface area contributed by atoms with Crippen molar-refractivity contribution in [3.05, 3.63) is 11.9 Å². The number of rotatable bonds is 1. The molecule has 0 aromatic carbocycles. The van der Waals surface area contributed by atoms with Crippen LogP contribution in [0.15, 0.2) is 11.9 Å². The fourth-order valence-electron chi connectivity index (χ4n) is 0.128. The van der Waals surface area contributed by atoms with Gasteiger partial charge in [-0.2, -0.15) is 0 Å². The molecule has 5 heteroatoms. The number of hydrogen-bond acceptors (Lipinski definition) is 3. The van der Waals surface area contributed by atoms with Crippen molar-refractivity contribution >= 4 is 36.6 Å². The van der Waals surface area contributed by atoms with E-state index >= 15 is 0 Å². The number of thiol groups is 1. The van der Waals surface area contributed by atoms with Crippen LogP contribution < -0.4 is 0 Å². The number of allylic oxidation sites excluding steroid dienone is 1. The second kappa shape index (κ2) is 10.9. The van der Waals surface area contributed by atoms with E-state index in [0.29, 0.717) is 0 Å². The third kappa shape index (κ3) is 32.1. The molecule has 0 radical (unpaired) electrons. The fraction of sp³-hybridized carbons (Fsp3) is 0.250. The standard InChI is InChI=1S/C3H5OPS.CHNS/c1-2-3-5(4)6;2-1-3/h2-3H,1H3;2H/p+1. The van der Waals surface area contributed by atoms with Crippen molar-refractivity contribution in [3.63, 3.8) is 0 Å². The van der Waals surface area contributed by atoms with Crippen molar-refractivity contribution in [2.75, 3.05) is 0 Å². The summed E-state index contributed by atoms with van der Waals surface area (Å²) in [4.78, 5) is 0. The first-order valence-electron chi connectivity index (χ1n) is 2.01. The second-order valence-electron chi connectivity index (χ2n) is 0.887. The molecule has 1 unspecified atom stereocenters. The van der Waals surface area contributed by atoms with Gasteiger partial charge < -0.3 is 0 Å². The maximum atomic E-state index is 9.97. The molecule has 0 saturated heterocycles. The van der Waals surface area contributed by atoms with Gasteiger partial charge in [-0.3, -0.25) is 0 Å². The van der Waals surface area contributed by atoms with E-state index in [4.69, 9.17) is 5.41 Å². The molecule has 0 amide bonds. The van der Waals surface area contributed by atoms with Gasteiger partial charge in [-0.15, -0.1) is 0 Å². The Balaban J connectivity index is 0. The molecule has 0 spiro atoms. The van der Waals surface area contributed by atoms with E-state index in [-0.39, 0.29) is 0 Å². The van der Waals surface area contributed by atoms with Gasteiger partial charge in [-0.25, -0.2) is 5.41 Å². The molecule has 0 fully saturated rings. The van der Waals surface area contributed by atoms with E-state index in [1.807, 2.05) is 6.92 Å². The summed E-state index contributed by atoms with van der Waals surface area (Å²) >= 11 is 7.41. The van der Waals surface area contributed by atoms with Gasteiger partial charge in [-0.1, -0.05) is 4.57 Å². The topological polar surface area (TPSA) is 40.9 Å². The average molecular weight is 180 g/mol. The van der Waals surface area contributed by atoms with Crippen LogP contribution in [0.1, 0.15) is 6.92 Å². The Morgan fingerprint density at radius 2 is 2.22 bits per heavy atom. The van der Waals surface area contributed by atoms with E-state index in [9.17, 15) is 4.57 Å². The Morgan fingerprint density at radius 3 is 2.22 bits per heavy atom. The van der Waals surface area contributed by atoms with Crippen molar-refractivity contribution in [2.45, 2.75) is 6.92 Å². The summed E-state index contributed by atoms with van der Waals surface area (Å²) in [5.41, 5.74) is 0. The van der Waals surface area contributed by atoms with Gasteiger partial charge in [0.1, 0.15) is 12.2 Å². The van der Waals surface area contributed by atoms with Crippen LogP contribution in [0.4, 0.5) is 0 Å². The molecule has 1 N–H and O–H groups in total. The van der Waals surface area contributed by atoms with Crippen LogP contribution in [-0.4, -0.2) is 5.16 Å². The average Bonchev–Trinajstić information content (AvgIpc) is 1.67. The second-order valence-corrected chi connectivity index (χ2v) is 3.18. The third-order valence-electron chi connectivity index (χ3n) is 0.277. The lowest BCUT2D eigenvalue weighted by Crippen LogP contribution is -1.30. The molecule has 0 aromatic rings. The maximum Gasteiger partial charge on any atom is 0.438 e. The summed E-state index contributed by atoms with van der Waals surface area (Å²) in [6.45, 7) is 1.81. The van der Waals surface area contributed by atoms with E-state index in [1.54, 1.807) is 17.1 Å². The van der Waals surface area contributed by atoms with Crippen LogP contribution in [0.5, 0.6) is 0 Å². The lowest BCUT2D eigenvalue weighted by Gasteiger charge is -1.50. The minimum atomic E-state index is -1.34. The molecule has 2 nitrogen and oxygen atoms in total. The van der Waals surface area contributed by atoms with Crippen LogP contribution in [-0.2, 0) is 4.57 Å². The van der Waals surface area contributed by atoms with E-state index in [2.05, 4.69) is 24.5 Å². The van der Waals surface area contributed by atoms with Gasteiger partial charge in [0.15, 0.2) is 5.82 Å². The van der Waals surface area contributed by atoms with Crippen LogP contribution in [0.3, 0.4) is 0 Å². The SMILES string of the molecule is CC=C[P+](=O)S.N=C=S. The monoisotopic (exact) mass is 180 g/mol. The largest absolute Gasteiger partial charge is 0.438 e. The molecule has 0 aliphatic heterocycles. The van der Waals surface area contributed by atoms with Crippen molar-refractivity contribution in [1.82, 2.24) is 0 Å². The van der Waals surface area contributed by atoms with Gasteiger partial charge in [0.25, 0.3) is 0 Å². The van der Waals surface area contributed by atoms with Crippen LogP contribution >= 0.6 is 31.5 Å². The molecular formula is C4H7NOPS2+. The first-order valence-corrected chi connectivity index (χ1v) is 4.90. The molecule has 0 rings (SSSR count). The minimum Gasteiger partial charge on any atom is -0.248 e. The number of nitrogens with one attached hydrogen (secondary N) is 1. The summed E-state index contributed by atoms with van der Waals surface area (Å²) in [6.07, 6.45) is 1.71. The Labute approximate surface area is 65.8 Å². The molecule has 50 valence electrons. The molecule has 9 heavy (non-hydrogen) atoms. The lowest BCUT2D eigenvalue weighted by atomic mass is 10.8. The lowest BCUT2D eigenvalue weighted by molar-refractivity contribution is 0.601. The maximum absolute atomic E-state index is 9.97. The van der Waals surface area contributed by atoms with Crippen LogP contribution in [0.2, 0.25) is 0 Å². The Hall–Kier alpha value is -0.0100. The number of isothiocyanates is 1. The molecule has 0 saturated carbocycles. The van der Waals surface area contributed by atoms with Gasteiger partial charge in [0, 0.05) is 0 Å². The predicted octanol–water partition coefficient (Wildman–Crippen LogP) is 2.86. The highest BCUT2D eigenvalue weighted by molar-refractivity contribution is 8.41. The first kappa shape index (κ1) is 11.7. The molecule has 0 bridgehead atoms. The van der Waals surface area contributed by atoms with Gasteiger partial charge in [0.2, 0.25) is 0 Å². The zero-order chi connectivity index (χ0) is 7.70. The molecule has 0 heterocycles. The number of hydrogen-bond donors (Lipinski definition) is 2. The Bertz CT molecular complexity index is 140. The summed E-state index contributed by atoms with van der Waals surface area (Å²) in [5, 5.41) is 7.36. The zero-order valence-electron chi connectivity index (χ0n) is 4.87. The smallest absolute Gasteiger partial charge is 0.248 e. The van der Waals surface area contributed by atoms with Crippen molar-refractivity contribution in [3.8, 4) is 0 Å². The summed E-state index contributed by atoms with van der Waals surface area (Å²) < 4.78 is 9.97. The number of thiocarbonyl (C=S) groups is 1. The summed E-state index contributed by atoms with van der Waals surface area (Å²) in [6, 6.07) is 0. The zero-order valence-corrected chi connectivity index (χ0v) is 7.47. The highest BCUT2D eigenvalue weighted by Crippen LogP contribution is 2.26. The quantitative estimate of drug-likeness (QED) is 0.282. The van der Waals surface area contributed by atoms with Crippen LogP contribution in [0, 0.1) is 5.41 Å². The normalized spacial score (nSPS) is 9.33. The highest BCUT2D eigenvalue weighted by Gasteiger charge is 1.94. The van der Waals surface area contributed by atoms with E-state index < -0.39 is 7.00 Å². The van der Waals surface area contributed by atoms with Crippen molar-refractivity contribution in [1.29, 1.82) is 5.41 Å². The minimum absolute atomic E-state index is 1.34. The molecular weight excluding hydrogens is 173 g/mol. The fourth-order valence-corrected chi connectivity index (χ4v) is 0.783. The Morgan fingerprint density at radius 1 is 1.89 bits per heavy atom. The molecule has 0 aromatic heterocycles. The van der Waals surface area contributed by atoms with Crippen molar-refractivity contribution < 1.29 is 4.57 Å². The van der Waals surface area contributed by atoms with Gasteiger partial charge in [0.05, 0.1) is 5.16 Å². The molecule has 0 aliphatic carbocycles. The highest BCUT2D eigenvalue weighted by atomic mass is 32.7. The predicted molar refractivity (Wildman–Crippen MR) is 46.7 cm³/mol. The third-order valence-corrected chi connectivity index (χ3v) is 1.23.